The fourth-order valence-corrected chi connectivity index (χ4v) is 3.36. The molecule has 0 fully saturated rings. The summed E-state index contributed by atoms with van der Waals surface area (Å²) in [6.45, 7) is 3.13. The Labute approximate surface area is 183 Å². The lowest BCUT2D eigenvalue weighted by atomic mass is 10.1. The van der Waals surface area contributed by atoms with Gasteiger partial charge in [-0.25, -0.2) is 0 Å². The van der Waals surface area contributed by atoms with Gasteiger partial charge in [-0.2, -0.15) is 0 Å². The van der Waals surface area contributed by atoms with Crippen LogP contribution >= 0.6 is 0 Å². The second-order valence-corrected chi connectivity index (χ2v) is 7.42. The molecule has 2 aromatic rings. The van der Waals surface area contributed by atoms with Crippen LogP contribution in [0.1, 0.15) is 49.3 Å². The zero-order valence-corrected chi connectivity index (χ0v) is 17.8. The molecule has 1 aliphatic rings. The van der Waals surface area contributed by atoms with Crippen LogP contribution in [0.2, 0.25) is 0 Å². The molecule has 0 saturated carbocycles. The average Bonchev–Trinajstić information content (AvgIpc) is 2.96. The van der Waals surface area contributed by atoms with Gasteiger partial charge >= 0.3 is 0 Å². The fraction of sp³-hybridized carbons (Fsp3) is 0.292. The molecule has 162 valence electrons. The van der Waals surface area contributed by atoms with Crippen LogP contribution in [0.25, 0.3) is 5.70 Å². The molecule has 3 rings (SSSR count). The SMILES string of the molecule is CCCCCN=C1NC(c2ccc(C=N)cc2)=CCC(=O)N1Cc1cccc(NO)c1. The highest BCUT2D eigenvalue weighted by Gasteiger charge is 2.24. The normalized spacial score (nSPS) is 15.3. The molecule has 7 nitrogen and oxygen atoms in total. The number of guanidine groups is 1. The van der Waals surface area contributed by atoms with Gasteiger partial charge in [0.2, 0.25) is 11.9 Å². The van der Waals surface area contributed by atoms with Gasteiger partial charge in [0.25, 0.3) is 0 Å². The minimum atomic E-state index is -0.0461. The van der Waals surface area contributed by atoms with Crippen molar-refractivity contribution in [2.75, 3.05) is 12.0 Å². The molecule has 0 bridgehead atoms. The van der Waals surface area contributed by atoms with Crippen molar-refractivity contribution in [3.8, 4) is 0 Å². The lowest BCUT2D eigenvalue weighted by Gasteiger charge is -2.24. The van der Waals surface area contributed by atoms with Gasteiger partial charge in [-0.05, 0) is 35.2 Å². The van der Waals surface area contributed by atoms with E-state index in [9.17, 15) is 10.0 Å². The predicted octanol–water partition coefficient (Wildman–Crippen LogP) is 4.39. The van der Waals surface area contributed by atoms with Crippen LogP contribution in [-0.2, 0) is 11.3 Å². The fourth-order valence-electron chi connectivity index (χ4n) is 3.36. The minimum Gasteiger partial charge on any atom is -0.326 e. The quantitative estimate of drug-likeness (QED) is 0.275. The summed E-state index contributed by atoms with van der Waals surface area (Å²) in [5.41, 5.74) is 6.19. The number of nitrogens with one attached hydrogen (secondary N) is 3. The highest BCUT2D eigenvalue weighted by atomic mass is 16.5. The lowest BCUT2D eigenvalue weighted by molar-refractivity contribution is -0.126. The van der Waals surface area contributed by atoms with Crippen LogP contribution in [0.15, 0.2) is 59.6 Å². The van der Waals surface area contributed by atoms with Crippen molar-refractivity contribution in [3.63, 3.8) is 0 Å². The maximum atomic E-state index is 13.0. The number of hydrogen-bond donors (Lipinski definition) is 4. The highest BCUT2D eigenvalue weighted by Crippen LogP contribution is 2.20. The molecule has 0 aromatic heterocycles. The van der Waals surface area contributed by atoms with E-state index in [0.717, 1.165) is 41.6 Å². The summed E-state index contributed by atoms with van der Waals surface area (Å²) in [4.78, 5) is 19.4. The van der Waals surface area contributed by atoms with Crippen molar-refractivity contribution in [3.05, 3.63) is 71.3 Å². The molecule has 1 amide bonds. The lowest BCUT2D eigenvalue weighted by Crippen LogP contribution is -2.42. The van der Waals surface area contributed by atoms with Crippen LogP contribution in [0.3, 0.4) is 0 Å². The Hall–Kier alpha value is -3.45. The van der Waals surface area contributed by atoms with E-state index in [1.807, 2.05) is 42.5 Å². The maximum absolute atomic E-state index is 13.0. The van der Waals surface area contributed by atoms with Crippen molar-refractivity contribution in [1.82, 2.24) is 10.2 Å². The molecule has 0 spiro atoms. The number of amides is 1. The summed E-state index contributed by atoms with van der Waals surface area (Å²) in [7, 11) is 0. The van der Waals surface area contributed by atoms with E-state index in [2.05, 4.69) is 17.7 Å². The molecule has 7 heteroatoms. The second-order valence-electron chi connectivity index (χ2n) is 7.42. The number of carbonyl (C=O) groups is 1. The third kappa shape index (κ3) is 6.02. The van der Waals surface area contributed by atoms with Crippen molar-refractivity contribution in [1.29, 1.82) is 5.41 Å². The van der Waals surface area contributed by atoms with Crippen molar-refractivity contribution >= 4 is 29.5 Å². The zero-order chi connectivity index (χ0) is 22.1. The topological polar surface area (TPSA) is 101 Å². The van der Waals surface area contributed by atoms with E-state index in [4.69, 9.17) is 10.4 Å². The van der Waals surface area contributed by atoms with E-state index in [-0.39, 0.29) is 12.3 Å². The largest absolute Gasteiger partial charge is 0.326 e. The molecule has 0 aliphatic carbocycles. The maximum Gasteiger partial charge on any atom is 0.233 e. The molecule has 0 radical (unpaired) electrons. The van der Waals surface area contributed by atoms with Gasteiger partial charge in [0.1, 0.15) is 0 Å². The van der Waals surface area contributed by atoms with Gasteiger partial charge < -0.3 is 10.7 Å². The molecule has 0 saturated heterocycles. The molecule has 31 heavy (non-hydrogen) atoms. The number of anilines is 1. The summed E-state index contributed by atoms with van der Waals surface area (Å²) in [6.07, 6.45) is 6.59. The smallest absolute Gasteiger partial charge is 0.233 e. The van der Waals surface area contributed by atoms with E-state index in [0.29, 0.717) is 24.7 Å². The number of aliphatic imine (C=N–C) groups is 1. The third-order valence-corrected chi connectivity index (χ3v) is 5.09. The molecule has 1 heterocycles. The first-order valence-electron chi connectivity index (χ1n) is 10.6. The Balaban J connectivity index is 1.88. The van der Waals surface area contributed by atoms with Gasteiger partial charge in [-0.15, -0.1) is 0 Å². The first-order valence-corrected chi connectivity index (χ1v) is 10.6. The number of carbonyl (C=O) groups excluding carboxylic acids is 1. The van der Waals surface area contributed by atoms with Crippen LogP contribution in [0.5, 0.6) is 0 Å². The van der Waals surface area contributed by atoms with Crippen LogP contribution in [0.4, 0.5) is 5.69 Å². The van der Waals surface area contributed by atoms with E-state index in [1.165, 1.54) is 6.21 Å². The number of unbranched alkanes of at least 4 members (excludes halogenated alkanes) is 2. The minimum absolute atomic E-state index is 0.0461. The number of rotatable bonds is 9. The van der Waals surface area contributed by atoms with Gasteiger partial charge in [0.15, 0.2) is 0 Å². The zero-order valence-electron chi connectivity index (χ0n) is 17.8. The summed E-state index contributed by atoms with van der Waals surface area (Å²) in [5.74, 6) is 0.485. The standard InChI is InChI=1S/C24H29N5O2/c1-2-3-4-14-26-24-27-22(20-10-8-18(16-25)9-11-20)12-13-23(30)29(24)17-19-6-5-7-21(15-19)28-31/h5-12,15-16,25,28,31H,2-4,13-14,17H2,1H3,(H,26,27). The Bertz CT molecular complexity index is 966. The van der Waals surface area contributed by atoms with Gasteiger partial charge in [0.05, 0.1) is 12.2 Å². The van der Waals surface area contributed by atoms with Crippen LogP contribution in [0, 0.1) is 5.41 Å². The van der Waals surface area contributed by atoms with Crippen molar-refractivity contribution < 1.29 is 10.0 Å². The van der Waals surface area contributed by atoms with E-state index >= 15 is 0 Å². The summed E-state index contributed by atoms with van der Waals surface area (Å²) >= 11 is 0. The van der Waals surface area contributed by atoms with Crippen LogP contribution in [-0.4, -0.2) is 34.7 Å². The Kier molecular flexibility index (Phi) is 7.95. The van der Waals surface area contributed by atoms with Crippen molar-refractivity contribution in [2.45, 2.75) is 39.2 Å². The average molecular weight is 420 g/mol. The molecule has 1 aliphatic heterocycles. The number of benzene rings is 2. The molecule has 0 unspecified atom stereocenters. The Morgan fingerprint density at radius 1 is 1.23 bits per heavy atom. The third-order valence-electron chi connectivity index (χ3n) is 5.09. The monoisotopic (exact) mass is 419 g/mol. The Morgan fingerprint density at radius 2 is 2.03 bits per heavy atom. The van der Waals surface area contributed by atoms with Gasteiger partial charge in [-0.3, -0.25) is 25.4 Å². The summed E-state index contributed by atoms with van der Waals surface area (Å²) in [6, 6.07) is 14.9. The Morgan fingerprint density at radius 3 is 2.74 bits per heavy atom. The van der Waals surface area contributed by atoms with E-state index in [1.54, 1.807) is 17.0 Å². The van der Waals surface area contributed by atoms with Gasteiger partial charge in [0, 0.05) is 24.9 Å². The molecule has 2 aromatic carbocycles. The first kappa shape index (κ1) is 22.2. The van der Waals surface area contributed by atoms with Crippen molar-refractivity contribution in [2.24, 2.45) is 4.99 Å². The molecule has 0 atom stereocenters. The first-order chi connectivity index (χ1) is 15.1. The second kappa shape index (κ2) is 11.1. The summed E-state index contributed by atoms with van der Waals surface area (Å²) in [5, 5.41) is 19.9. The molecular formula is C24H29N5O2. The van der Waals surface area contributed by atoms with E-state index < -0.39 is 0 Å². The highest BCUT2D eigenvalue weighted by molar-refractivity contribution is 6.03. The predicted molar refractivity (Wildman–Crippen MR) is 124 cm³/mol. The molecular weight excluding hydrogens is 390 g/mol. The summed E-state index contributed by atoms with van der Waals surface area (Å²) < 4.78 is 0. The van der Waals surface area contributed by atoms with Gasteiger partial charge in [-0.1, -0.05) is 62.2 Å². The number of nitrogens with zero attached hydrogens (tertiary/aromatic N) is 2. The van der Waals surface area contributed by atoms with Crippen LogP contribution < -0.4 is 10.8 Å². The number of hydrogen-bond acceptors (Lipinski definition) is 5. The molecule has 4 N–H and O–H groups in total.